The first kappa shape index (κ1) is 24.5. The van der Waals surface area contributed by atoms with Gasteiger partial charge in [0.05, 0.1) is 23.5 Å². The maximum atomic E-state index is 14.1. The summed E-state index contributed by atoms with van der Waals surface area (Å²) in [5.41, 5.74) is 2.34. The van der Waals surface area contributed by atoms with Crippen molar-refractivity contribution in [3.63, 3.8) is 0 Å². The Morgan fingerprint density at radius 3 is 2.57 bits per heavy atom. The van der Waals surface area contributed by atoms with Gasteiger partial charge in [-0.25, -0.2) is 9.37 Å². The molecule has 0 radical (unpaired) electrons. The molecule has 3 aromatic rings. The monoisotopic (exact) mass is 496 g/mol. The summed E-state index contributed by atoms with van der Waals surface area (Å²) >= 11 is 0. The first-order valence-electron chi connectivity index (χ1n) is 10.6. The van der Waals surface area contributed by atoms with Gasteiger partial charge >= 0.3 is 6.18 Å². The molecular weight excluding hydrogens is 475 g/mol. The van der Waals surface area contributed by atoms with Crippen LogP contribution in [0, 0.1) is 11.8 Å². The van der Waals surface area contributed by atoms with Crippen molar-refractivity contribution in [3.8, 4) is 11.4 Å². The Morgan fingerprint density at radius 1 is 1.26 bits per heavy atom. The van der Waals surface area contributed by atoms with Crippen LogP contribution in [0.2, 0.25) is 0 Å². The molecular formula is C23H21F5N4O3. The van der Waals surface area contributed by atoms with Crippen molar-refractivity contribution in [3.05, 3.63) is 71.2 Å². The third kappa shape index (κ3) is 3.97. The number of halogens is 5. The van der Waals surface area contributed by atoms with Crippen molar-refractivity contribution in [2.75, 3.05) is 5.73 Å². The molecule has 1 aromatic carbocycles. The van der Waals surface area contributed by atoms with E-state index in [-0.39, 0.29) is 28.9 Å². The quantitative estimate of drug-likeness (QED) is 0.321. The molecule has 2 heterocycles. The molecule has 7 nitrogen and oxygen atoms in total. The third-order valence-electron chi connectivity index (χ3n) is 6.38. The van der Waals surface area contributed by atoms with Crippen LogP contribution in [0.15, 0.2) is 42.7 Å². The van der Waals surface area contributed by atoms with Crippen molar-refractivity contribution in [2.45, 2.75) is 43.5 Å². The Kier molecular flexibility index (Phi) is 5.95. The average Bonchev–Trinajstić information content (AvgIpc) is 3.18. The second-order valence-electron chi connectivity index (χ2n) is 8.36. The van der Waals surface area contributed by atoms with Gasteiger partial charge in [-0.2, -0.15) is 17.6 Å². The second-order valence-corrected chi connectivity index (χ2v) is 8.36. The van der Waals surface area contributed by atoms with Crippen molar-refractivity contribution in [1.29, 1.82) is 0 Å². The number of phenols is 1. The van der Waals surface area contributed by atoms with Crippen LogP contribution in [-0.4, -0.2) is 37.4 Å². The number of rotatable bonds is 4. The zero-order valence-corrected chi connectivity index (χ0v) is 18.3. The van der Waals surface area contributed by atoms with E-state index in [0.717, 1.165) is 24.4 Å². The number of benzene rings is 1. The van der Waals surface area contributed by atoms with E-state index in [9.17, 15) is 37.0 Å². The Balaban J connectivity index is 1.77. The zero-order chi connectivity index (χ0) is 25.7. The molecule has 3 atom stereocenters. The SMILES string of the molecule is CC[C@@H]1C[C@@](O)(C(F)(F)F)[C@@H](NC(=O)c2ccn(-c3ccc(F)nc3)c2N)c2ccc(F)c(O)c21. The van der Waals surface area contributed by atoms with Crippen LogP contribution >= 0.6 is 0 Å². The number of carbonyl (C=O) groups excluding carboxylic acids is 1. The molecule has 1 aliphatic carbocycles. The van der Waals surface area contributed by atoms with Crippen molar-refractivity contribution < 1.29 is 37.0 Å². The van der Waals surface area contributed by atoms with Gasteiger partial charge in [-0.1, -0.05) is 13.0 Å². The maximum absolute atomic E-state index is 14.1. The molecule has 186 valence electrons. The van der Waals surface area contributed by atoms with Gasteiger partial charge < -0.3 is 25.8 Å². The maximum Gasteiger partial charge on any atom is 0.419 e. The molecule has 35 heavy (non-hydrogen) atoms. The number of fused-ring (bicyclic) bond motifs is 1. The number of aromatic hydroxyl groups is 1. The molecule has 1 aliphatic rings. The number of nitrogens with one attached hydrogen (secondary N) is 1. The molecule has 2 aromatic heterocycles. The lowest BCUT2D eigenvalue weighted by molar-refractivity contribution is -0.277. The lowest BCUT2D eigenvalue weighted by Gasteiger charge is -2.45. The number of alkyl halides is 3. The number of pyridine rings is 1. The van der Waals surface area contributed by atoms with Crippen LogP contribution in [0.1, 0.15) is 53.2 Å². The molecule has 4 rings (SSSR count). The van der Waals surface area contributed by atoms with E-state index in [4.69, 9.17) is 5.73 Å². The highest BCUT2D eigenvalue weighted by atomic mass is 19.4. The predicted octanol–water partition coefficient (Wildman–Crippen LogP) is 4.10. The minimum absolute atomic E-state index is 0.0740. The number of carbonyl (C=O) groups is 1. The van der Waals surface area contributed by atoms with Crippen molar-refractivity contribution >= 4 is 11.7 Å². The number of hydrogen-bond acceptors (Lipinski definition) is 5. The number of nitrogen functional groups attached to an aromatic ring is 1. The molecule has 0 unspecified atom stereocenters. The summed E-state index contributed by atoms with van der Waals surface area (Å²) in [6.07, 6.45) is -3.50. The van der Waals surface area contributed by atoms with Crippen LogP contribution in [0.4, 0.5) is 27.8 Å². The molecule has 0 aliphatic heterocycles. The number of anilines is 1. The fraction of sp³-hybridized carbons (Fsp3) is 0.304. The van der Waals surface area contributed by atoms with Crippen LogP contribution in [0.25, 0.3) is 5.69 Å². The second kappa shape index (κ2) is 8.52. The fourth-order valence-corrected chi connectivity index (χ4v) is 4.54. The van der Waals surface area contributed by atoms with E-state index in [1.54, 1.807) is 6.92 Å². The van der Waals surface area contributed by atoms with E-state index in [2.05, 4.69) is 10.3 Å². The Bertz CT molecular complexity index is 1280. The van der Waals surface area contributed by atoms with E-state index in [0.29, 0.717) is 5.69 Å². The van der Waals surface area contributed by atoms with E-state index in [1.807, 2.05) is 0 Å². The van der Waals surface area contributed by atoms with Gasteiger partial charge in [0.25, 0.3) is 5.91 Å². The minimum atomic E-state index is -5.17. The summed E-state index contributed by atoms with van der Waals surface area (Å²) in [7, 11) is 0. The molecule has 5 N–H and O–H groups in total. The molecule has 0 saturated heterocycles. The molecule has 0 bridgehead atoms. The number of nitrogens with two attached hydrogens (primary N) is 1. The number of hydrogen-bond donors (Lipinski definition) is 4. The summed E-state index contributed by atoms with van der Waals surface area (Å²) in [5.74, 6) is -4.83. The summed E-state index contributed by atoms with van der Waals surface area (Å²) in [4.78, 5) is 16.6. The summed E-state index contributed by atoms with van der Waals surface area (Å²) in [6, 6.07) is 3.35. The third-order valence-corrected chi connectivity index (χ3v) is 6.38. The van der Waals surface area contributed by atoms with Crippen LogP contribution < -0.4 is 11.1 Å². The highest BCUT2D eigenvalue weighted by molar-refractivity contribution is 5.99. The summed E-state index contributed by atoms with van der Waals surface area (Å²) in [6.45, 7) is 1.54. The highest BCUT2D eigenvalue weighted by Crippen LogP contribution is 2.54. The lowest BCUT2D eigenvalue weighted by atomic mass is 9.69. The fourth-order valence-electron chi connectivity index (χ4n) is 4.54. The minimum Gasteiger partial charge on any atom is -0.505 e. The number of phenolic OH excluding ortho intramolecular Hbond substituents is 1. The first-order valence-corrected chi connectivity index (χ1v) is 10.6. The molecule has 1 amide bonds. The number of aliphatic hydroxyl groups is 1. The van der Waals surface area contributed by atoms with Gasteiger partial charge in [0.1, 0.15) is 5.82 Å². The van der Waals surface area contributed by atoms with Gasteiger partial charge in [0, 0.05) is 11.8 Å². The smallest absolute Gasteiger partial charge is 0.419 e. The van der Waals surface area contributed by atoms with Crippen molar-refractivity contribution in [1.82, 2.24) is 14.9 Å². The molecule has 0 fully saturated rings. The summed E-state index contributed by atoms with van der Waals surface area (Å²) < 4.78 is 70.9. The first-order chi connectivity index (χ1) is 16.4. The average molecular weight is 496 g/mol. The predicted molar refractivity (Wildman–Crippen MR) is 115 cm³/mol. The zero-order valence-electron chi connectivity index (χ0n) is 18.3. The van der Waals surface area contributed by atoms with Gasteiger partial charge in [0.2, 0.25) is 5.95 Å². The van der Waals surface area contributed by atoms with E-state index < -0.39 is 53.6 Å². The molecule has 12 heteroatoms. The van der Waals surface area contributed by atoms with Crippen LogP contribution in [-0.2, 0) is 0 Å². The number of nitrogens with zero attached hydrogens (tertiary/aromatic N) is 2. The molecule has 0 spiro atoms. The van der Waals surface area contributed by atoms with E-state index >= 15 is 0 Å². The largest absolute Gasteiger partial charge is 0.505 e. The Morgan fingerprint density at radius 2 is 1.97 bits per heavy atom. The molecule has 0 saturated carbocycles. The van der Waals surface area contributed by atoms with Crippen LogP contribution in [0.3, 0.4) is 0 Å². The van der Waals surface area contributed by atoms with Crippen molar-refractivity contribution in [2.24, 2.45) is 0 Å². The summed E-state index contributed by atoms with van der Waals surface area (Å²) in [5, 5.41) is 23.3. The highest BCUT2D eigenvalue weighted by Gasteiger charge is 2.62. The van der Waals surface area contributed by atoms with E-state index in [1.165, 1.54) is 22.9 Å². The number of amides is 1. The normalized spacial score (nSPS) is 22.0. The number of aromatic nitrogens is 2. The van der Waals surface area contributed by atoms with Gasteiger partial charge in [-0.3, -0.25) is 4.79 Å². The van der Waals surface area contributed by atoms with Gasteiger partial charge in [-0.05, 0) is 48.6 Å². The standard InChI is InChI=1S/C23H21F5N4O3/c1-2-11-9-22(35,23(26,27)28)19(13-4-5-15(24)18(33)17(11)13)31-21(34)14-7-8-32(20(14)29)12-3-6-16(25)30-10-12/h3-8,10-11,19,33,35H,2,9,29H2,1H3,(H,31,34)/t11-,19+,22+/m1/s1. The topological polar surface area (TPSA) is 113 Å². The lowest BCUT2D eigenvalue weighted by Crippen LogP contribution is -2.58. The Hall–Kier alpha value is -3.67. The van der Waals surface area contributed by atoms with Crippen LogP contribution in [0.5, 0.6) is 5.75 Å². The van der Waals surface area contributed by atoms with Gasteiger partial charge in [-0.15, -0.1) is 0 Å². The Labute approximate surface area is 196 Å². The van der Waals surface area contributed by atoms with Gasteiger partial charge in [0.15, 0.2) is 17.2 Å².